The summed E-state index contributed by atoms with van der Waals surface area (Å²) in [6.07, 6.45) is 1.71. The van der Waals surface area contributed by atoms with E-state index < -0.39 is 0 Å². The maximum absolute atomic E-state index is 8.70. The lowest BCUT2D eigenvalue weighted by Gasteiger charge is -2.08. The van der Waals surface area contributed by atoms with Crippen LogP contribution in [0.5, 0.6) is 0 Å². The van der Waals surface area contributed by atoms with Gasteiger partial charge in [-0.15, -0.1) is 0 Å². The molecule has 1 aromatic rings. The molecule has 0 aliphatic heterocycles. The van der Waals surface area contributed by atoms with Gasteiger partial charge in [0, 0.05) is 7.11 Å². The molecule has 5 heteroatoms. The number of hydrogen-bond donors (Lipinski definition) is 1. The molecule has 1 unspecified atom stereocenters. The van der Waals surface area contributed by atoms with Crippen molar-refractivity contribution in [2.75, 3.05) is 7.11 Å². The number of aromatic nitrogens is 2. The Labute approximate surface area is 76.7 Å². The number of rotatable bonds is 5. The molecule has 1 N–H and O–H groups in total. The Balaban J connectivity index is 2.67. The van der Waals surface area contributed by atoms with E-state index in [9.17, 15) is 0 Å². The Bertz CT molecular complexity index is 249. The standard InChI is InChI=1S/C8H14N2O3/c1-3-4-6(12-2)8-9-7(5-11)13-10-8/h6,11H,3-5H2,1-2H3. The van der Waals surface area contributed by atoms with Gasteiger partial charge in [-0.2, -0.15) is 4.98 Å². The van der Waals surface area contributed by atoms with Crippen LogP contribution in [0.2, 0.25) is 0 Å². The molecule has 0 radical (unpaired) electrons. The van der Waals surface area contributed by atoms with Crippen molar-refractivity contribution < 1.29 is 14.4 Å². The number of nitrogens with zero attached hydrogens (tertiary/aromatic N) is 2. The SMILES string of the molecule is CCCC(OC)c1noc(CO)n1. The van der Waals surface area contributed by atoms with Crippen molar-refractivity contribution in [3.63, 3.8) is 0 Å². The highest BCUT2D eigenvalue weighted by Crippen LogP contribution is 2.18. The van der Waals surface area contributed by atoms with Crippen molar-refractivity contribution in [1.29, 1.82) is 0 Å². The van der Waals surface area contributed by atoms with E-state index in [0.717, 1.165) is 12.8 Å². The first-order chi connectivity index (χ1) is 6.31. The van der Waals surface area contributed by atoms with Crippen molar-refractivity contribution in [3.05, 3.63) is 11.7 Å². The van der Waals surface area contributed by atoms with Gasteiger partial charge in [0.15, 0.2) is 0 Å². The average molecular weight is 186 g/mol. The highest BCUT2D eigenvalue weighted by Gasteiger charge is 2.16. The quantitative estimate of drug-likeness (QED) is 0.744. The van der Waals surface area contributed by atoms with E-state index >= 15 is 0 Å². The van der Waals surface area contributed by atoms with Crippen LogP contribution in [0.25, 0.3) is 0 Å². The second kappa shape index (κ2) is 4.94. The molecular formula is C8H14N2O3. The summed E-state index contributed by atoms with van der Waals surface area (Å²) >= 11 is 0. The molecule has 5 nitrogen and oxygen atoms in total. The number of methoxy groups -OCH3 is 1. The smallest absolute Gasteiger partial charge is 0.252 e. The molecule has 0 aliphatic carbocycles. The van der Waals surface area contributed by atoms with Crippen LogP contribution in [0.15, 0.2) is 4.52 Å². The average Bonchev–Trinajstić information content (AvgIpc) is 2.62. The van der Waals surface area contributed by atoms with Crippen molar-refractivity contribution in [2.24, 2.45) is 0 Å². The normalized spacial score (nSPS) is 13.2. The molecule has 1 heterocycles. The monoisotopic (exact) mass is 186 g/mol. The molecule has 13 heavy (non-hydrogen) atoms. The van der Waals surface area contributed by atoms with E-state index in [1.165, 1.54) is 0 Å². The fourth-order valence-corrected chi connectivity index (χ4v) is 1.08. The second-order valence-electron chi connectivity index (χ2n) is 2.72. The maximum atomic E-state index is 8.70. The molecule has 0 aromatic carbocycles. The Morgan fingerprint density at radius 1 is 1.62 bits per heavy atom. The van der Waals surface area contributed by atoms with E-state index in [4.69, 9.17) is 14.4 Å². The third-order valence-electron chi connectivity index (χ3n) is 1.74. The number of ether oxygens (including phenoxy) is 1. The Morgan fingerprint density at radius 3 is 2.85 bits per heavy atom. The molecule has 1 aromatic heterocycles. The minimum absolute atomic E-state index is 0.131. The predicted octanol–water partition coefficient (Wildman–Crippen LogP) is 1.05. The fraction of sp³-hybridized carbons (Fsp3) is 0.750. The molecule has 0 bridgehead atoms. The Kier molecular flexibility index (Phi) is 3.85. The van der Waals surface area contributed by atoms with E-state index in [1.807, 2.05) is 0 Å². The summed E-state index contributed by atoms with van der Waals surface area (Å²) in [7, 11) is 1.61. The predicted molar refractivity (Wildman–Crippen MR) is 44.9 cm³/mol. The van der Waals surface area contributed by atoms with E-state index in [0.29, 0.717) is 5.82 Å². The van der Waals surface area contributed by atoms with Crippen LogP contribution >= 0.6 is 0 Å². The first-order valence-electron chi connectivity index (χ1n) is 4.28. The number of aliphatic hydroxyl groups is 1. The van der Waals surface area contributed by atoms with Crippen LogP contribution < -0.4 is 0 Å². The van der Waals surface area contributed by atoms with Gasteiger partial charge >= 0.3 is 0 Å². The van der Waals surface area contributed by atoms with Crippen molar-refractivity contribution in [1.82, 2.24) is 10.1 Å². The zero-order valence-corrected chi connectivity index (χ0v) is 7.86. The summed E-state index contributed by atoms with van der Waals surface area (Å²) in [5.74, 6) is 0.738. The van der Waals surface area contributed by atoms with E-state index in [1.54, 1.807) is 7.11 Å². The van der Waals surface area contributed by atoms with Gasteiger partial charge in [-0.05, 0) is 6.42 Å². The maximum Gasteiger partial charge on any atom is 0.252 e. The topological polar surface area (TPSA) is 68.4 Å². The van der Waals surface area contributed by atoms with Gasteiger partial charge in [0.1, 0.15) is 12.7 Å². The zero-order valence-electron chi connectivity index (χ0n) is 7.86. The highest BCUT2D eigenvalue weighted by molar-refractivity contribution is 4.90. The molecule has 1 rings (SSSR count). The van der Waals surface area contributed by atoms with Gasteiger partial charge in [0.2, 0.25) is 5.82 Å². The van der Waals surface area contributed by atoms with Crippen LogP contribution in [-0.2, 0) is 11.3 Å². The minimum Gasteiger partial charge on any atom is -0.387 e. The Morgan fingerprint density at radius 2 is 2.38 bits per heavy atom. The minimum atomic E-state index is -0.227. The summed E-state index contributed by atoms with van der Waals surface area (Å²) < 4.78 is 9.92. The first-order valence-corrected chi connectivity index (χ1v) is 4.28. The molecule has 74 valence electrons. The largest absolute Gasteiger partial charge is 0.387 e. The Hall–Kier alpha value is -0.940. The lowest BCUT2D eigenvalue weighted by Crippen LogP contribution is -2.03. The molecule has 0 amide bonds. The van der Waals surface area contributed by atoms with Crippen LogP contribution in [0, 0.1) is 0 Å². The van der Waals surface area contributed by atoms with Crippen LogP contribution in [0.3, 0.4) is 0 Å². The summed E-state index contributed by atoms with van der Waals surface area (Å²) in [5.41, 5.74) is 0. The van der Waals surface area contributed by atoms with E-state index in [2.05, 4.69) is 17.1 Å². The second-order valence-corrected chi connectivity index (χ2v) is 2.72. The zero-order chi connectivity index (χ0) is 9.68. The summed E-state index contributed by atoms with van der Waals surface area (Å²) in [4.78, 5) is 3.97. The summed E-state index contributed by atoms with van der Waals surface area (Å²) in [6, 6.07) is 0. The van der Waals surface area contributed by atoms with Gasteiger partial charge in [-0.1, -0.05) is 18.5 Å². The van der Waals surface area contributed by atoms with Crippen molar-refractivity contribution >= 4 is 0 Å². The van der Waals surface area contributed by atoms with E-state index in [-0.39, 0.29) is 18.6 Å². The first kappa shape index (κ1) is 10.1. The molecule has 0 saturated heterocycles. The number of aliphatic hydroxyl groups excluding tert-OH is 1. The van der Waals surface area contributed by atoms with Crippen molar-refractivity contribution in [2.45, 2.75) is 32.5 Å². The molecular weight excluding hydrogens is 172 g/mol. The van der Waals surface area contributed by atoms with Crippen LogP contribution in [-0.4, -0.2) is 22.4 Å². The van der Waals surface area contributed by atoms with Gasteiger partial charge in [-0.3, -0.25) is 0 Å². The van der Waals surface area contributed by atoms with Crippen LogP contribution in [0.4, 0.5) is 0 Å². The fourth-order valence-electron chi connectivity index (χ4n) is 1.08. The lowest BCUT2D eigenvalue weighted by atomic mass is 10.2. The lowest BCUT2D eigenvalue weighted by molar-refractivity contribution is 0.0854. The third kappa shape index (κ3) is 2.50. The molecule has 0 aliphatic rings. The summed E-state index contributed by atoms with van der Waals surface area (Å²) in [6.45, 7) is 1.83. The molecule has 1 atom stereocenters. The van der Waals surface area contributed by atoms with Gasteiger partial charge in [0.05, 0.1) is 0 Å². The van der Waals surface area contributed by atoms with Gasteiger partial charge in [-0.25, -0.2) is 0 Å². The molecule has 0 spiro atoms. The van der Waals surface area contributed by atoms with Crippen LogP contribution in [0.1, 0.15) is 37.6 Å². The molecule has 0 fully saturated rings. The third-order valence-corrected chi connectivity index (χ3v) is 1.74. The summed E-state index contributed by atoms with van der Waals surface area (Å²) in [5, 5.41) is 12.4. The number of hydrogen-bond acceptors (Lipinski definition) is 5. The highest BCUT2D eigenvalue weighted by atomic mass is 16.5. The molecule has 0 saturated carbocycles. The van der Waals surface area contributed by atoms with Crippen molar-refractivity contribution in [3.8, 4) is 0 Å². The van der Waals surface area contributed by atoms with Gasteiger partial charge in [0.25, 0.3) is 5.89 Å². The van der Waals surface area contributed by atoms with Gasteiger partial charge < -0.3 is 14.4 Å².